The molecule has 3 heteroatoms. The zero-order valence-corrected chi connectivity index (χ0v) is 11.1. The molecule has 3 nitrogen and oxygen atoms in total. The van der Waals surface area contributed by atoms with E-state index in [2.05, 4.69) is 29.6 Å². The van der Waals surface area contributed by atoms with Gasteiger partial charge in [0.05, 0.1) is 7.11 Å². The molecular weight excluding hydrogens is 226 g/mol. The highest BCUT2D eigenvalue weighted by Gasteiger charge is 2.41. The van der Waals surface area contributed by atoms with Crippen LogP contribution in [0.25, 0.3) is 0 Å². The van der Waals surface area contributed by atoms with Crippen LogP contribution in [0, 0.1) is 0 Å². The summed E-state index contributed by atoms with van der Waals surface area (Å²) in [5.74, 6) is 0.439. The maximum Gasteiger partial charge on any atom is 0.326 e. The molecule has 98 valence electrons. The van der Waals surface area contributed by atoms with Gasteiger partial charge in [0.1, 0.15) is 5.54 Å². The highest BCUT2D eigenvalue weighted by molar-refractivity contribution is 5.80. The fourth-order valence-corrected chi connectivity index (χ4v) is 2.92. The molecule has 0 spiro atoms. The van der Waals surface area contributed by atoms with Crippen LogP contribution in [0.2, 0.25) is 0 Å². The Kier molecular flexibility index (Phi) is 4.02. The van der Waals surface area contributed by atoms with E-state index >= 15 is 0 Å². The Hall–Kier alpha value is -1.35. The van der Waals surface area contributed by atoms with E-state index in [0.717, 1.165) is 25.7 Å². The van der Waals surface area contributed by atoms with Gasteiger partial charge in [-0.05, 0) is 44.2 Å². The van der Waals surface area contributed by atoms with Crippen molar-refractivity contribution >= 4 is 5.97 Å². The Bertz CT molecular complexity index is 394. The van der Waals surface area contributed by atoms with E-state index in [-0.39, 0.29) is 5.97 Å². The molecule has 0 aliphatic heterocycles. The number of carbonyl (C=O) groups excluding carboxylic acids is 1. The predicted octanol–water partition coefficient (Wildman–Crippen LogP) is 2.48. The minimum Gasteiger partial charge on any atom is -0.468 e. The summed E-state index contributed by atoms with van der Waals surface area (Å²) in [6.45, 7) is 0. The van der Waals surface area contributed by atoms with E-state index in [9.17, 15) is 4.79 Å². The van der Waals surface area contributed by atoms with Gasteiger partial charge in [-0.2, -0.15) is 0 Å². The predicted molar refractivity (Wildman–Crippen MR) is 71.5 cm³/mol. The van der Waals surface area contributed by atoms with Gasteiger partial charge in [-0.15, -0.1) is 0 Å². The summed E-state index contributed by atoms with van der Waals surface area (Å²) in [6, 6.07) is 10.5. The van der Waals surface area contributed by atoms with E-state index in [4.69, 9.17) is 4.74 Å². The Morgan fingerprint density at radius 1 is 1.28 bits per heavy atom. The molecule has 0 atom stereocenters. The molecule has 1 saturated carbocycles. The number of ether oxygens (including phenoxy) is 1. The van der Waals surface area contributed by atoms with Gasteiger partial charge in [-0.3, -0.25) is 4.79 Å². The van der Waals surface area contributed by atoms with Gasteiger partial charge in [-0.25, -0.2) is 0 Å². The van der Waals surface area contributed by atoms with Crippen LogP contribution in [0.3, 0.4) is 0 Å². The molecule has 1 aromatic rings. The van der Waals surface area contributed by atoms with Crippen molar-refractivity contribution in [3.05, 3.63) is 35.9 Å². The van der Waals surface area contributed by atoms with Crippen LogP contribution in [0.15, 0.2) is 30.3 Å². The van der Waals surface area contributed by atoms with E-state index in [1.165, 1.54) is 12.7 Å². The van der Waals surface area contributed by atoms with Crippen molar-refractivity contribution in [2.75, 3.05) is 14.2 Å². The largest absolute Gasteiger partial charge is 0.468 e. The minimum atomic E-state index is -0.472. The zero-order valence-electron chi connectivity index (χ0n) is 11.1. The second-order valence-corrected chi connectivity index (χ2v) is 5.01. The van der Waals surface area contributed by atoms with Crippen molar-refractivity contribution in [3.8, 4) is 0 Å². The Balaban J connectivity index is 2.05. The fourth-order valence-electron chi connectivity index (χ4n) is 2.92. The van der Waals surface area contributed by atoms with Gasteiger partial charge in [0.2, 0.25) is 0 Å². The number of nitrogens with one attached hydrogen (secondary N) is 1. The van der Waals surface area contributed by atoms with Crippen molar-refractivity contribution in [1.82, 2.24) is 5.32 Å². The van der Waals surface area contributed by atoms with Crippen LogP contribution in [0.5, 0.6) is 0 Å². The normalized spacial score (nSPS) is 27.8. The number of carbonyl (C=O) groups is 1. The first kappa shape index (κ1) is 13.1. The Morgan fingerprint density at radius 3 is 2.39 bits per heavy atom. The SMILES string of the molecule is CNC1(C(=O)OC)CCC(c2ccccc2)CC1. The van der Waals surface area contributed by atoms with E-state index in [1.807, 2.05) is 13.1 Å². The van der Waals surface area contributed by atoms with Crippen LogP contribution < -0.4 is 5.32 Å². The molecule has 1 aromatic carbocycles. The molecule has 1 fully saturated rings. The highest BCUT2D eigenvalue weighted by Crippen LogP contribution is 2.38. The smallest absolute Gasteiger partial charge is 0.326 e. The molecular formula is C15H21NO2. The van der Waals surface area contributed by atoms with Gasteiger partial charge in [0.15, 0.2) is 0 Å². The Labute approximate surface area is 109 Å². The zero-order chi connectivity index (χ0) is 13.0. The van der Waals surface area contributed by atoms with Crippen molar-refractivity contribution in [2.45, 2.75) is 37.1 Å². The fraction of sp³-hybridized carbons (Fsp3) is 0.533. The third-order valence-electron chi connectivity index (χ3n) is 4.16. The van der Waals surface area contributed by atoms with Gasteiger partial charge in [0, 0.05) is 0 Å². The molecule has 1 N–H and O–H groups in total. The van der Waals surface area contributed by atoms with Crippen molar-refractivity contribution in [2.24, 2.45) is 0 Å². The number of likely N-dealkylation sites (N-methyl/N-ethyl adjacent to an activating group) is 1. The van der Waals surface area contributed by atoms with Crippen molar-refractivity contribution in [3.63, 3.8) is 0 Å². The lowest BCUT2D eigenvalue weighted by atomic mass is 9.74. The molecule has 1 aliphatic rings. The molecule has 0 saturated heterocycles. The summed E-state index contributed by atoms with van der Waals surface area (Å²) < 4.78 is 4.92. The minimum absolute atomic E-state index is 0.128. The van der Waals surface area contributed by atoms with Crippen molar-refractivity contribution < 1.29 is 9.53 Å². The lowest BCUT2D eigenvalue weighted by Gasteiger charge is -2.37. The number of esters is 1. The quantitative estimate of drug-likeness (QED) is 0.834. The van der Waals surface area contributed by atoms with Crippen molar-refractivity contribution in [1.29, 1.82) is 0 Å². The Morgan fingerprint density at radius 2 is 1.89 bits per heavy atom. The van der Waals surface area contributed by atoms with Crippen LogP contribution in [0.1, 0.15) is 37.2 Å². The van der Waals surface area contributed by atoms with Gasteiger partial charge in [-0.1, -0.05) is 30.3 Å². The summed E-state index contributed by atoms with van der Waals surface area (Å²) in [4.78, 5) is 11.9. The molecule has 2 rings (SSSR count). The second-order valence-electron chi connectivity index (χ2n) is 5.01. The first-order chi connectivity index (χ1) is 8.72. The monoisotopic (exact) mass is 247 g/mol. The van der Waals surface area contributed by atoms with E-state index in [0.29, 0.717) is 5.92 Å². The summed E-state index contributed by atoms with van der Waals surface area (Å²) in [6.07, 6.45) is 3.74. The van der Waals surface area contributed by atoms with Crippen LogP contribution in [-0.4, -0.2) is 25.7 Å². The number of hydrogen-bond donors (Lipinski definition) is 1. The summed E-state index contributed by atoms with van der Waals surface area (Å²) >= 11 is 0. The summed E-state index contributed by atoms with van der Waals surface area (Å²) in [5.41, 5.74) is 0.909. The molecule has 18 heavy (non-hydrogen) atoms. The number of rotatable bonds is 3. The first-order valence-corrected chi connectivity index (χ1v) is 6.54. The first-order valence-electron chi connectivity index (χ1n) is 6.54. The molecule has 0 aromatic heterocycles. The average Bonchev–Trinajstić information content (AvgIpc) is 2.47. The van der Waals surface area contributed by atoms with E-state index < -0.39 is 5.54 Å². The topological polar surface area (TPSA) is 38.3 Å². The molecule has 0 radical (unpaired) electrons. The van der Waals surface area contributed by atoms with Gasteiger partial charge < -0.3 is 10.1 Å². The lowest BCUT2D eigenvalue weighted by molar-refractivity contribution is -0.150. The standard InChI is InChI=1S/C15H21NO2/c1-16-15(14(17)18-2)10-8-13(9-11-15)12-6-4-3-5-7-12/h3-7,13,16H,8-11H2,1-2H3. The summed E-state index contributed by atoms with van der Waals surface area (Å²) in [5, 5.41) is 3.17. The maximum absolute atomic E-state index is 11.9. The molecule has 0 unspecified atom stereocenters. The van der Waals surface area contributed by atoms with Crippen LogP contribution in [-0.2, 0) is 9.53 Å². The number of hydrogen-bond acceptors (Lipinski definition) is 3. The number of methoxy groups -OCH3 is 1. The lowest BCUT2D eigenvalue weighted by Crippen LogP contribution is -2.53. The summed E-state index contributed by atoms with van der Waals surface area (Å²) in [7, 11) is 3.31. The van der Waals surface area contributed by atoms with Crippen LogP contribution >= 0.6 is 0 Å². The maximum atomic E-state index is 11.9. The third kappa shape index (κ3) is 2.41. The second kappa shape index (κ2) is 5.53. The molecule has 0 amide bonds. The molecule has 1 aliphatic carbocycles. The highest BCUT2D eigenvalue weighted by atomic mass is 16.5. The molecule has 0 heterocycles. The number of benzene rings is 1. The van der Waals surface area contributed by atoms with E-state index in [1.54, 1.807) is 0 Å². The van der Waals surface area contributed by atoms with Gasteiger partial charge in [0.25, 0.3) is 0 Å². The third-order valence-corrected chi connectivity index (χ3v) is 4.16. The van der Waals surface area contributed by atoms with Gasteiger partial charge >= 0.3 is 5.97 Å². The molecule has 0 bridgehead atoms. The average molecular weight is 247 g/mol. The van der Waals surface area contributed by atoms with Crippen LogP contribution in [0.4, 0.5) is 0 Å².